The summed E-state index contributed by atoms with van der Waals surface area (Å²) in [6, 6.07) is 9.63. The molecule has 0 saturated heterocycles. The van der Waals surface area contributed by atoms with Crippen molar-refractivity contribution >= 4 is 76.8 Å². The monoisotopic (exact) mass is 614 g/mol. The molecular weight excluding hydrogens is 570 g/mol. The Balaban J connectivity index is 0.00000462. The first-order valence-electron chi connectivity index (χ1n) is 15.0. The summed E-state index contributed by atoms with van der Waals surface area (Å²) < 4.78 is 18.0. The van der Waals surface area contributed by atoms with E-state index in [1.807, 2.05) is 24.3 Å². The fraction of sp³-hybridized carbons (Fsp3) is 0.545. The molecule has 1 aliphatic rings. The third-order valence-corrected chi connectivity index (χ3v) is 7.30. The maximum absolute atomic E-state index is 12.3. The Hall–Kier alpha value is -1.55. The molecule has 10 heteroatoms. The van der Waals surface area contributed by atoms with Gasteiger partial charge in [0.25, 0.3) is 0 Å². The van der Waals surface area contributed by atoms with Gasteiger partial charge in [0.15, 0.2) is 5.78 Å². The Morgan fingerprint density at radius 3 is 2.09 bits per heavy atom. The first kappa shape index (κ1) is 39.5. The van der Waals surface area contributed by atoms with Crippen LogP contribution in [0.25, 0.3) is 0 Å². The maximum Gasteiger partial charge on any atom is 0.303 e. The SMILES string of the molecule is CCCc1c(OCCCCCCc2cccc(OCCCCCC(=O)O)c2CCC(=O)O)ccc2c1OCCC2=O.[Na].[Na]. The summed E-state index contributed by atoms with van der Waals surface area (Å²) in [5.74, 6) is 0.746. The molecule has 0 spiro atoms. The van der Waals surface area contributed by atoms with Crippen LogP contribution in [0.1, 0.15) is 105 Å². The first-order chi connectivity index (χ1) is 19.9. The number of hydrogen-bond donors (Lipinski definition) is 2. The van der Waals surface area contributed by atoms with Gasteiger partial charge in [0, 0.05) is 83.9 Å². The third-order valence-electron chi connectivity index (χ3n) is 7.30. The van der Waals surface area contributed by atoms with E-state index in [0.29, 0.717) is 50.4 Å². The van der Waals surface area contributed by atoms with E-state index >= 15 is 0 Å². The number of fused-ring (bicyclic) bond motifs is 1. The van der Waals surface area contributed by atoms with Crippen molar-refractivity contribution in [3.63, 3.8) is 0 Å². The molecule has 3 rings (SSSR count). The molecule has 0 fully saturated rings. The van der Waals surface area contributed by atoms with Crippen LogP contribution in [0.3, 0.4) is 0 Å². The molecular formula is C33H44Na2O8. The van der Waals surface area contributed by atoms with Gasteiger partial charge in [0.2, 0.25) is 0 Å². The van der Waals surface area contributed by atoms with Gasteiger partial charge in [-0.1, -0.05) is 38.3 Å². The second-order valence-corrected chi connectivity index (χ2v) is 10.5. The number of aryl methyl sites for hydroxylation is 1. The van der Waals surface area contributed by atoms with E-state index in [4.69, 9.17) is 19.3 Å². The van der Waals surface area contributed by atoms with Gasteiger partial charge in [-0.2, -0.15) is 0 Å². The molecule has 1 heterocycles. The molecule has 0 bridgehead atoms. The van der Waals surface area contributed by atoms with Crippen molar-refractivity contribution in [1.82, 2.24) is 0 Å². The summed E-state index contributed by atoms with van der Waals surface area (Å²) >= 11 is 0. The number of carbonyl (C=O) groups is 3. The van der Waals surface area contributed by atoms with E-state index < -0.39 is 11.9 Å². The molecule has 0 amide bonds. The summed E-state index contributed by atoms with van der Waals surface area (Å²) in [6.07, 6.45) is 9.75. The summed E-state index contributed by atoms with van der Waals surface area (Å²) in [4.78, 5) is 34.2. The molecule has 2 radical (unpaired) electrons. The van der Waals surface area contributed by atoms with E-state index in [1.54, 1.807) is 0 Å². The van der Waals surface area contributed by atoms with Crippen LogP contribution in [-0.4, -0.2) is 107 Å². The maximum atomic E-state index is 12.3. The number of hydrogen-bond acceptors (Lipinski definition) is 6. The second kappa shape index (κ2) is 22.0. The van der Waals surface area contributed by atoms with Gasteiger partial charge >= 0.3 is 11.9 Å². The van der Waals surface area contributed by atoms with E-state index in [0.717, 1.165) is 86.0 Å². The van der Waals surface area contributed by atoms with Crippen molar-refractivity contribution in [3.05, 3.63) is 52.6 Å². The summed E-state index contributed by atoms with van der Waals surface area (Å²) in [6.45, 7) is 3.61. The molecule has 2 N–H and O–H groups in total. The fourth-order valence-electron chi connectivity index (χ4n) is 5.18. The molecule has 0 aromatic heterocycles. The third kappa shape index (κ3) is 13.5. The minimum absolute atomic E-state index is 0. The van der Waals surface area contributed by atoms with E-state index in [1.165, 1.54) is 0 Å². The van der Waals surface area contributed by atoms with Crippen molar-refractivity contribution in [2.45, 2.75) is 96.8 Å². The van der Waals surface area contributed by atoms with Crippen LogP contribution in [-0.2, 0) is 28.9 Å². The zero-order valence-corrected chi connectivity index (χ0v) is 30.3. The average molecular weight is 615 g/mol. The summed E-state index contributed by atoms with van der Waals surface area (Å²) in [7, 11) is 0. The van der Waals surface area contributed by atoms with Crippen molar-refractivity contribution < 1.29 is 38.8 Å². The Morgan fingerprint density at radius 1 is 0.767 bits per heavy atom. The minimum atomic E-state index is -0.835. The number of Topliss-reactive ketones (excluding diaryl/α,β-unsaturated/α-hetero) is 1. The van der Waals surface area contributed by atoms with Gasteiger partial charge in [0.1, 0.15) is 17.2 Å². The van der Waals surface area contributed by atoms with Crippen molar-refractivity contribution in [2.24, 2.45) is 0 Å². The molecule has 226 valence electrons. The number of unbranched alkanes of at least 4 members (excludes halogenated alkanes) is 5. The van der Waals surface area contributed by atoms with Crippen molar-refractivity contribution in [3.8, 4) is 17.2 Å². The van der Waals surface area contributed by atoms with Crippen molar-refractivity contribution in [1.29, 1.82) is 0 Å². The number of ketones is 1. The number of aliphatic carboxylic acids is 2. The number of ether oxygens (including phenoxy) is 3. The van der Waals surface area contributed by atoms with Gasteiger partial charge in [0.05, 0.1) is 25.4 Å². The van der Waals surface area contributed by atoms with Crippen LogP contribution < -0.4 is 14.2 Å². The molecule has 0 unspecified atom stereocenters. The van der Waals surface area contributed by atoms with Crippen LogP contribution in [0.5, 0.6) is 17.2 Å². The number of carbonyl (C=O) groups excluding carboxylic acids is 1. The van der Waals surface area contributed by atoms with E-state index in [9.17, 15) is 19.5 Å². The Morgan fingerprint density at radius 2 is 1.42 bits per heavy atom. The summed E-state index contributed by atoms with van der Waals surface area (Å²) in [5, 5.41) is 18.0. The molecule has 0 aliphatic carbocycles. The Bertz CT molecular complexity index is 1170. The van der Waals surface area contributed by atoms with Gasteiger partial charge < -0.3 is 24.4 Å². The van der Waals surface area contributed by atoms with Crippen molar-refractivity contribution in [2.75, 3.05) is 19.8 Å². The second-order valence-electron chi connectivity index (χ2n) is 10.5. The molecule has 2 aromatic carbocycles. The molecule has 8 nitrogen and oxygen atoms in total. The largest absolute Gasteiger partial charge is 0.493 e. The van der Waals surface area contributed by atoms with Crippen LogP contribution >= 0.6 is 0 Å². The Kier molecular flexibility index (Phi) is 20.2. The molecule has 1 aliphatic heterocycles. The smallest absolute Gasteiger partial charge is 0.303 e. The van der Waals surface area contributed by atoms with Crippen LogP contribution in [0, 0.1) is 0 Å². The van der Waals surface area contributed by atoms with Gasteiger partial charge in [-0.15, -0.1) is 0 Å². The molecule has 0 saturated carbocycles. The number of carboxylic acids is 2. The van der Waals surface area contributed by atoms with Crippen LogP contribution in [0.2, 0.25) is 0 Å². The van der Waals surface area contributed by atoms with Gasteiger partial charge in [-0.05, 0) is 80.7 Å². The zero-order chi connectivity index (χ0) is 29.5. The van der Waals surface area contributed by atoms with E-state index in [2.05, 4.69) is 13.0 Å². The average Bonchev–Trinajstić information content (AvgIpc) is 2.94. The minimum Gasteiger partial charge on any atom is -0.493 e. The topological polar surface area (TPSA) is 119 Å². The van der Waals surface area contributed by atoms with Gasteiger partial charge in [-0.3, -0.25) is 14.4 Å². The fourth-order valence-corrected chi connectivity index (χ4v) is 5.18. The number of benzene rings is 2. The predicted molar refractivity (Wildman–Crippen MR) is 168 cm³/mol. The van der Waals surface area contributed by atoms with Crippen LogP contribution in [0.15, 0.2) is 30.3 Å². The molecule has 43 heavy (non-hydrogen) atoms. The summed E-state index contributed by atoms with van der Waals surface area (Å²) in [5.41, 5.74) is 3.74. The quantitative estimate of drug-likeness (QED) is 0.136. The predicted octanol–water partition coefficient (Wildman–Crippen LogP) is 6.07. The first-order valence-corrected chi connectivity index (χ1v) is 15.0. The molecule has 0 atom stereocenters. The standard InChI is InChI=1S/C33H44O8.2Na/c1-2-11-27-30(18-16-26-28(34)20-23-41-33(26)27)40-21-8-4-3-6-12-24-13-10-14-29(25(24)17-19-32(37)38)39-22-9-5-7-15-31(35)36;;/h10,13-14,16,18H,2-9,11-12,15,17,19-23H2,1H3,(H,35,36)(H,37,38);;. The molecule has 2 aromatic rings. The zero-order valence-electron chi connectivity index (χ0n) is 26.3. The van der Waals surface area contributed by atoms with Gasteiger partial charge in [-0.25, -0.2) is 0 Å². The number of carboxylic acid groups (broad SMARTS) is 2. The normalized spacial score (nSPS) is 11.9. The van der Waals surface area contributed by atoms with E-state index in [-0.39, 0.29) is 77.7 Å². The van der Waals surface area contributed by atoms with Crippen LogP contribution in [0.4, 0.5) is 0 Å². The Labute approximate surface area is 299 Å². The number of rotatable bonds is 20.